The van der Waals surface area contributed by atoms with Crippen LogP contribution in [0, 0.1) is 5.92 Å². The van der Waals surface area contributed by atoms with E-state index in [1.807, 2.05) is 0 Å². The highest BCUT2D eigenvalue weighted by Gasteiger charge is 2.21. The Bertz CT molecular complexity index is 338. The molecular weight excluding hydrogens is 206 g/mol. The molecule has 0 radical (unpaired) electrons. The number of β-amino-alcohol motifs (C(OH)–C–C–N with tert-alkyl or cyclic N) is 1. The van der Waals surface area contributed by atoms with Gasteiger partial charge in [-0.1, -0.05) is 19.0 Å². The van der Waals surface area contributed by atoms with Gasteiger partial charge in [0.15, 0.2) is 5.82 Å². The van der Waals surface area contributed by atoms with Crippen molar-refractivity contribution in [3.63, 3.8) is 0 Å². The van der Waals surface area contributed by atoms with Gasteiger partial charge in [0.2, 0.25) is 5.89 Å². The maximum absolute atomic E-state index is 9.40. The third-order valence-electron chi connectivity index (χ3n) is 2.71. The van der Waals surface area contributed by atoms with E-state index in [0.29, 0.717) is 24.9 Å². The molecule has 1 saturated heterocycles. The molecule has 2 heterocycles. The molecule has 1 atom stereocenters. The molecule has 0 aliphatic carbocycles. The summed E-state index contributed by atoms with van der Waals surface area (Å²) in [6, 6.07) is 0. The van der Waals surface area contributed by atoms with Gasteiger partial charge >= 0.3 is 0 Å². The Kier molecular flexibility index (Phi) is 3.56. The maximum atomic E-state index is 9.40. The van der Waals surface area contributed by atoms with Crippen LogP contribution in [0.3, 0.4) is 0 Å². The molecule has 5 heteroatoms. The average Bonchev–Trinajstić information content (AvgIpc) is 2.76. The van der Waals surface area contributed by atoms with Gasteiger partial charge in [0.25, 0.3) is 0 Å². The zero-order valence-electron chi connectivity index (χ0n) is 9.89. The summed E-state index contributed by atoms with van der Waals surface area (Å²) in [5, 5.41) is 13.3. The molecular formula is C11H19N3O2. The molecule has 0 bridgehead atoms. The van der Waals surface area contributed by atoms with Crippen molar-refractivity contribution in [2.45, 2.75) is 39.3 Å². The first kappa shape index (κ1) is 11.5. The topological polar surface area (TPSA) is 62.4 Å². The van der Waals surface area contributed by atoms with Crippen LogP contribution in [0.4, 0.5) is 0 Å². The van der Waals surface area contributed by atoms with E-state index < -0.39 is 0 Å². The van der Waals surface area contributed by atoms with Crippen molar-refractivity contribution in [3.05, 3.63) is 11.7 Å². The van der Waals surface area contributed by atoms with E-state index in [-0.39, 0.29) is 6.10 Å². The molecule has 1 aliphatic rings. The Morgan fingerprint density at radius 3 is 3.00 bits per heavy atom. The zero-order chi connectivity index (χ0) is 11.5. The van der Waals surface area contributed by atoms with E-state index in [0.717, 1.165) is 25.2 Å². The van der Waals surface area contributed by atoms with E-state index in [1.54, 1.807) is 0 Å². The molecule has 1 aliphatic heterocycles. The molecule has 16 heavy (non-hydrogen) atoms. The second-order valence-electron chi connectivity index (χ2n) is 4.88. The molecule has 2 rings (SSSR count). The summed E-state index contributed by atoms with van der Waals surface area (Å²) in [5.74, 6) is 1.97. The number of aliphatic hydroxyl groups is 1. The molecule has 90 valence electrons. The van der Waals surface area contributed by atoms with E-state index in [2.05, 4.69) is 28.9 Å². The van der Waals surface area contributed by atoms with Gasteiger partial charge < -0.3 is 9.63 Å². The number of likely N-dealkylation sites (tertiary alicyclic amines) is 1. The summed E-state index contributed by atoms with van der Waals surface area (Å²) in [4.78, 5) is 6.49. The lowest BCUT2D eigenvalue weighted by atomic mass is 10.1. The fraction of sp³-hybridized carbons (Fsp3) is 0.818. The third kappa shape index (κ3) is 3.02. The monoisotopic (exact) mass is 225 g/mol. The van der Waals surface area contributed by atoms with Gasteiger partial charge in [0.1, 0.15) is 0 Å². The van der Waals surface area contributed by atoms with Crippen molar-refractivity contribution in [2.24, 2.45) is 5.92 Å². The number of rotatable bonds is 4. The zero-order valence-corrected chi connectivity index (χ0v) is 9.89. The molecule has 1 aromatic heterocycles. The normalized spacial score (nSPS) is 22.1. The van der Waals surface area contributed by atoms with Gasteiger partial charge in [0.05, 0.1) is 12.6 Å². The van der Waals surface area contributed by atoms with Crippen LogP contribution in [0.25, 0.3) is 0 Å². The maximum Gasteiger partial charge on any atom is 0.226 e. The molecule has 0 spiro atoms. The summed E-state index contributed by atoms with van der Waals surface area (Å²) < 4.78 is 5.16. The van der Waals surface area contributed by atoms with Gasteiger partial charge in [-0.05, 0) is 12.3 Å². The highest BCUT2D eigenvalue weighted by atomic mass is 16.5. The van der Waals surface area contributed by atoms with Gasteiger partial charge in [-0.15, -0.1) is 0 Å². The first-order chi connectivity index (χ1) is 7.63. The summed E-state index contributed by atoms with van der Waals surface area (Å²) in [5.41, 5.74) is 0. The Morgan fingerprint density at radius 1 is 1.56 bits per heavy atom. The van der Waals surface area contributed by atoms with Gasteiger partial charge in [-0.3, -0.25) is 4.90 Å². The van der Waals surface area contributed by atoms with E-state index >= 15 is 0 Å². The van der Waals surface area contributed by atoms with Crippen molar-refractivity contribution >= 4 is 0 Å². The highest BCUT2D eigenvalue weighted by molar-refractivity contribution is 4.89. The van der Waals surface area contributed by atoms with Gasteiger partial charge in [-0.2, -0.15) is 4.98 Å². The lowest BCUT2D eigenvalue weighted by Crippen LogP contribution is -2.22. The molecule has 0 unspecified atom stereocenters. The Hall–Kier alpha value is -0.940. The SMILES string of the molecule is CC(C)Cc1nc(CN2CC[C@@H](O)C2)no1. The quantitative estimate of drug-likeness (QED) is 0.822. The number of hydrogen-bond acceptors (Lipinski definition) is 5. The summed E-state index contributed by atoms with van der Waals surface area (Å²) in [6.45, 7) is 6.56. The number of aromatic nitrogens is 2. The molecule has 0 amide bonds. The Labute approximate surface area is 95.4 Å². The minimum Gasteiger partial charge on any atom is -0.392 e. The van der Waals surface area contributed by atoms with Crippen LogP contribution in [-0.2, 0) is 13.0 Å². The first-order valence-corrected chi connectivity index (χ1v) is 5.85. The second kappa shape index (κ2) is 4.93. The van der Waals surface area contributed by atoms with Crippen LogP contribution in [-0.4, -0.2) is 39.3 Å². The summed E-state index contributed by atoms with van der Waals surface area (Å²) >= 11 is 0. The lowest BCUT2D eigenvalue weighted by molar-refractivity contribution is 0.173. The standard InChI is InChI=1S/C11H19N3O2/c1-8(2)5-11-12-10(13-16-11)7-14-4-3-9(15)6-14/h8-9,15H,3-7H2,1-2H3/t9-/m1/s1. The van der Waals surface area contributed by atoms with Crippen molar-refractivity contribution in [3.8, 4) is 0 Å². The molecule has 1 aromatic rings. The fourth-order valence-electron chi connectivity index (χ4n) is 1.94. The lowest BCUT2D eigenvalue weighted by Gasteiger charge is -2.10. The summed E-state index contributed by atoms with van der Waals surface area (Å²) in [6.07, 6.45) is 1.48. The van der Waals surface area contributed by atoms with E-state index in [4.69, 9.17) is 4.52 Å². The van der Waals surface area contributed by atoms with E-state index in [1.165, 1.54) is 0 Å². The van der Waals surface area contributed by atoms with Crippen LogP contribution >= 0.6 is 0 Å². The van der Waals surface area contributed by atoms with Crippen molar-refractivity contribution in [2.75, 3.05) is 13.1 Å². The number of aliphatic hydroxyl groups excluding tert-OH is 1. The largest absolute Gasteiger partial charge is 0.392 e. The first-order valence-electron chi connectivity index (χ1n) is 5.85. The second-order valence-corrected chi connectivity index (χ2v) is 4.88. The van der Waals surface area contributed by atoms with Crippen LogP contribution in [0.2, 0.25) is 0 Å². The van der Waals surface area contributed by atoms with Crippen molar-refractivity contribution < 1.29 is 9.63 Å². The Balaban J connectivity index is 1.87. The minimum absolute atomic E-state index is 0.193. The van der Waals surface area contributed by atoms with Gasteiger partial charge in [0, 0.05) is 19.5 Å². The average molecular weight is 225 g/mol. The predicted molar refractivity (Wildman–Crippen MR) is 58.7 cm³/mol. The minimum atomic E-state index is -0.193. The third-order valence-corrected chi connectivity index (χ3v) is 2.71. The molecule has 0 aromatic carbocycles. The van der Waals surface area contributed by atoms with Crippen LogP contribution < -0.4 is 0 Å². The van der Waals surface area contributed by atoms with Crippen molar-refractivity contribution in [1.29, 1.82) is 0 Å². The fourth-order valence-corrected chi connectivity index (χ4v) is 1.94. The van der Waals surface area contributed by atoms with Crippen molar-refractivity contribution in [1.82, 2.24) is 15.0 Å². The summed E-state index contributed by atoms with van der Waals surface area (Å²) in [7, 11) is 0. The van der Waals surface area contributed by atoms with E-state index in [9.17, 15) is 5.11 Å². The van der Waals surface area contributed by atoms with Gasteiger partial charge in [-0.25, -0.2) is 0 Å². The predicted octanol–water partition coefficient (Wildman–Crippen LogP) is 0.835. The van der Waals surface area contributed by atoms with Crippen LogP contribution in [0.1, 0.15) is 32.0 Å². The smallest absolute Gasteiger partial charge is 0.226 e. The van der Waals surface area contributed by atoms with Crippen LogP contribution in [0.15, 0.2) is 4.52 Å². The molecule has 1 N–H and O–H groups in total. The molecule has 5 nitrogen and oxygen atoms in total. The number of nitrogens with zero attached hydrogens (tertiary/aromatic N) is 3. The molecule has 1 fully saturated rings. The highest BCUT2D eigenvalue weighted by Crippen LogP contribution is 2.12. The van der Waals surface area contributed by atoms with Crippen LogP contribution in [0.5, 0.6) is 0 Å². The number of hydrogen-bond donors (Lipinski definition) is 1. The Morgan fingerprint density at radius 2 is 2.38 bits per heavy atom. The molecule has 0 saturated carbocycles.